The molecule has 1 N–H and O–H groups in total. The van der Waals surface area contributed by atoms with Gasteiger partial charge in [-0.1, -0.05) is 24.3 Å². The largest absolute Gasteiger partial charge is 0.496 e. The molecule has 0 saturated carbocycles. The molecule has 2 heterocycles. The Kier molecular flexibility index (Phi) is 2.66. The van der Waals surface area contributed by atoms with Gasteiger partial charge in [-0.2, -0.15) is 0 Å². The van der Waals surface area contributed by atoms with E-state index in [1.807, 2.05) is 0 Å². The number of fused-ring (bicyclic) bond motifs is 1. The van der Waals surface area contributed by atoms with Crippen molar-refractivity contribution in [3.05, 3.63) is 47.2 Å². The van der Waals surface area contributed by atoms with Gasteiger partial charge >= 0.3 is 0 Å². The van der Waals surface area contributed by atoms with Crippen LogP contribution in [-0.2, 0) is 11.2 Å². The van der Waals surface area contributed by atoms with Crippen LogP contribution in [0.4, 0.5) is 0 Å². The normalized spacial score (nSPS) is 24.2. The van der Waals surface area contributed by atoms with Crippen LogP contribution in [0, 0.1) is 0 Å². The number of rotatable bonds is 1. The molecule has 1 aromatic carbocycles. The molecule has 0 bridgehead atoms. The maximum Gasteiger partial charge on any atom is 0.113 e. The van der Waals surface area contributed by atoms with E-state index in [1.165, 1.54) is 11.1 Å². The zero-order chi connectivity index (χ0) is 10.8. The Hall–Kier alpha value is -1.28. The van der Waals surface area contributed by atoms with Crippen molar-refractivity contribution in [1.29, 1.82) is 0 Å². The van der Waals surface area contributed by atoms with E-state index < -0.39 is 0 Å². The van der Waals surface area contributed by atoms with Crippen LogP contribution in [0.3, 0.4) is 0 Å². The molecular formula is C14H17NO. The summed E-state index contributed by atoms with van der Waals surface area (Å²) in [5, 5.41) is 3.55. The van der Waals surface area contributed by atoms with E-state index in [9.17, 15) is 0 Å². The Morgan fingerprint density at radius 1 is 1.25 bits per heavy atom. The van der Waals surface area contributed by atoms with Crippen molar-refractivity contribution >= 4 is 0 Å². The van der Waals surface area contributed by atoms with E-state index in [1.54, 1.807) is 0 Å². The molecule has 1 aromatic rings. The Morgan fingerprint density at radius 3 is 3.06 bits per heavy atom. The van der Waals surface area contributed by atoms with Crippen LogP contribution < -0.4 is 5.32 Å². The van der Waals surface area contributed by atoms with E-state index in [2.05, 4.69) is 35.7 Å². The molecule has 0 saturated heterocycles. The van der Waals surface area contributed by atoms with E-state index in [-0.39, 0.29) is 6.04 Å². The first kappa shape index (κ1) is 9.91. The first-order valence-corrected chi connectivity index (χ1v) is 6.09. The molecule has 0 aliphatic carbocycles. The minimum Gasteiger partial charge on any atom is -0.496 e. The second-order valence-electron chi connectivity index (χ2n) is 4.43. The highest BCUT2D eigenvalue weighted by molar-refractivity contribution is 5.36. The van der Waals surface area contributed by atoms with Crippen LogP contribution in [0.2, 0.25) is 0 Å². The van der Waals surface area contributed by atoms with Crippen LogP contribution in [0.15, 0.2) is 36.1 Å². The number of hydrogen-bond donors (Lipinski definition) is 1. The monoisotopic (exact) mass is 215 g/mol. The van der Waals surface area contributed by atoms with Crippen molar-refractivity contribution < 1.29 is 4.74 Å². The van der Waals surface area contributed by atoms with Gasteiger partial charge in [-0.15, -0.1) is 0 Å². The molecule has 0 radical (unpaired) electrons. The Morgan fingerprint density at radius 2 is 2.19 bits per heavy atom. The number of nitrogens with one attached hydrogen (secondary N) is 1. The molecule has 0 aromatic heterocycles. The zero-order valence-corrected chi connectivity index (χ0v) is 9.41. The van der Waals surface area contributed by atoms with Gasteiger partial charge in [0.15, 0.2) is 0 Å². The highest BCUT2D eigenvalue weighted by Crippen LogP contribution is 2.30. The molecule has 0 spiro atoms. The number of hydrogen-bond acceptors (Lipinski definition) is 2. The van der Waals surface area contributed by atoms with Crippen molar-refractivity contribution in [2.24, 2.45) is 0 Å². The molecule has 0 amide bonds. The van der Waals surface area contributed by atoms with Crippen molar-refractivity contribution in [3.63, 3.8) is 0 Å². The third-order valence-corrected chi connectivity index (χ3v) is 3.36. The van der Waals surface area contributed by atoms with Gasteiger partial charge in [-0.3, -0.25) is 0 Å². The van der Waals surface area contributed by atoms with E-state index >= 15 is 0 Å². The van der Waals surface area contributed by atoms with E-state index in [0.29, 0.717) is 0 Å². The summed E-state index contributed by atoms with van der Waals surface area (Å²) in [7, 11) is 0. The molecule has 1 atom stereocenters. The zero-order valence-electron chi connectivity index (χ0n) is 9.41. The first-order valence-electron chi connectivity index (χ1n) is 6.09. The lowest BCUT2D eigenvalue weighted by Gasteiger charge is -2.30. The number of allylic oxidation sites excluding steroid dienone is 1. The Balaban J connectivity index is 1.95. The third kappa shape index (κ3) is 1.74. The van der Waals surface area contributed by atoms with Gasteiger partial charge in [-0.05, 0) is 36.5 Å². The molecule has 16 heavy (non-hydrogen) atoms. The lowest BCUT2D eigenvalue weighted by Crippen LogP contribution is -2.32. The maximum absolute atomic E-state index is 5.77. The lowest BCUT2D eigenvalue weighted by atomic mass is 9.92. The number of ether oxygens (including phenoxy) is 1. The third-order valence-electron chi connectivity index (χ3n) is 3.36. The molecule has 2 aliphatic rings. The van der Waals surface area contributed by atoms with Crippen molar-refractivity contribution in [2.45, 2.75) is 25.3 Å². The summed E-state index contributed by atoms with van der Waals surface area (Å²) < 4.78 is 5.77. The van der Waals surface area contributed by atoms with Gasteiger partial charge in [0.05, 0.1) is 12.6 Å². The van der Waals surface area contributed by atoms with Crippen molar-refractivity contribution in [1.82, 2.24) is 5.32 Å². The van der Waals surface area contributed by atoms with Crippen LogP contribution in [0.25, 0.3) is 0 Å². The summed E-state index contributed by atoms with van der Waals surface area (Å²) >= 11 is 0. The summed E-state index contributed by atoms with van der Waals surface area (Å²) in [5.74, 6) is 1.12. The molecule has 0 fully saturated rings. The molecule has 84 valence electrons. The van der Waals surface area contributed by atoms with Gasteiger partial charge in [0.2, 0.25) is 0 Å². The van der Waals surface area contributed by atoms with Crippen LogP contribution in [-0.4, -0.2) is 13.2 Å². The number of benzene rings is 1. The average molecular weight is 215 g/mol. The predicted molar refractivity (Wildman–Crippen MR) is 64.2 cm³/mol. The summed E-state index contributed by atoms with van der Waals surface area (Å²) in [4.78, 5) is 0. The Labute approximate surface area is 96.3 Å². The minimum atomic E-state index is 0.283. The van der Waals surface area contributed by atoms with Crippen LogP contribution in [0.5, 0.6) is 0 Å². The van der Waals surface area contributed by atoms with Gasteiger partial charge in [0.1, 0.15) is 5.76 Å². The standard InChI is InChI=1S/C14H17NO/c1-2-6-12-11(5-1)8-9-15-14(12)13-7-3-4-10-16-13/h1-2,5-7,14-15H,3-4,8-10H2. The quantitative estimate of drug-likeness (QED) is 0.777. The highest BCUT2D eigenvalue weighted by atomic mass is 16.5. The van der Waals surface area contributed by atoms with Crippen molar-refractivity contribution in [3.8, 4) is 0 Å². The molecule has 2 heteroatoms. The van der Waals surface area contributed by atoms with Crippen molar-refractivity contribution in [2.75, 3.05) is 13.2 Å². The fraction of sp³-hybridized carbons (Fsp3) is 0.429. The van der Waals surface area contributed by atoms with Crippen LogP contribution in [0.1, 0.15) is 30.0 Å². The minimum absolute atomic E-state index is 0.283. The summed E-state index contributed by atoms with van der Waals surface area (Å²) in [6, 6.07) is 8.96. The lowest BCUT2D eigenvalue weighted by molar-refractivity contribution is 0.166. The summed E-state index contributed by atoms with van der Waals surface area (Å²) in [5.41, 5.74) is 2.85. The smallest absolute Gasteiger partial charge is 0.113 e. The van der Waals surface area contributed by atoms with Gasteiger partial charge in [-0.25, -0.2) is 0 Å². The van der Waals surface area contributed by atoms with E-state index in [4.69, 9.17) is 4.74 Å². The highest BCUT2D eigenvalue weighted by Gasteiger charge is 2.24. The molecule has 2 nitrogen and oxygen atoms in total. The SMILES string of the molecule is C1=C(C2NCCc3ccccc32)OCCC1. The summed E-state index contributed by atoms with van der Waals surface area (Å²) in [6.45, 7) is 1.91. The fourth-order valence-corrected chi connectivity index (χ4v) is 2.54. The molecule has 2 aliphatic heterocycles. The Bertz CT molecular complexity index is 411. The predicted octanol–water partition coefficient (Wildman–Crippen LogP) is 2.57. The van der Waals surface area contributed by atoms with Gasteiger partial charge < -0.3 is 10.1 Å². The first-order chi connectivity index (χ1) is 7.95. The fourth-order valence-electron chi connectivity index (χ4n) is 2.54. The average Bonchev–Trinajstić information content (AvgIpc) is 2.39. The molecular weight excluding hydrogens is 198 g/mol. The maximum atomic E-state index is 5.77. The van der Waals surface area contributed by atoms with Crippen LogP contribution >= 0.6 is 0 Å². The molecule has 3 rings (SSSR count). The second-order valence-corrected chi connectivity index (χ2v) is 4.43. The van der Waals surface area contributed by atoms with Gasteiger partial charge in [0.25, 0.3) is 0 Å². The molecule has 1 unspecified atom stereocenters. The van der Waals surface area contributed by atoms with Gasteiger partial charge in [0, 0.05) is 6.54 Å². The van der Waals surface area contributed by atoms with E-state index in [0.717, 1.165) is 38.2 Å². The second kappa shape index (κ2) is 4.30. The summed E-state index contributed by atoms with van der Waals surface area (Å²) in [6.07, 6.45) is 5.66. The topological polar surface area (TPSA) is 21.3 Å².